The highest BCUT2D eigenvalue weighted by Crippen LogP contribution is 2.31. The molecule has 1 aromatic heterocycles. The van der Waals surface area contributed by atoms with Gasteiger partial charge in [0, 0.05) is 41.1 Å². The van der Waals surface area contributed by atoms with E-state index < -0.39 is 20.9 Å². The van der Waals surface area contributed by atoms with E-state index in [-0.39, 0.29) is 33.3 Å². The van der Waals surface area contributed by atoms with E-state index in [0.29, 0.717) is 22.1 Å². The fourth-order valence-electron chi connectivity index (χ4n) is 4.04. The highest BCUT2D eigenvalue weighted by atomic mass is 35.5. The minimum Gasteiger partial charge on any atom is -0.507 e. The average Bonchev–Trinajstić information content (AvgIpc) is 2.98. The number of phenols is 1. The molecule has 0 aliphatic rings. The Bertz CT molecular complexity index is 1990. The lowest BCUT2D eigenvalue weighted by atomic mass is 10.1. The quantitative estimate of drug-likeness (QED) is 0.102. The van der Waals surface area contributed by atoms with E-state index in [1.54, 1.807) is 42.3 Å². The van der Waals surface area contributed by atoms with E-state index in [1.165, 1.54) is 18.2 Å². The molecule has 0 radical (unpaired) electrons. The summed E-state index contributed by atoms with van der Waals surface area (Å²) in [5, 5.41) is 27.8. The van der Waals surface area contributed by atoms with Gasteiger partial charge in [-0.2, -0.15) is 13.4 Å². The lowest BCUT2D eigenvalue weighted by molar-refractivity contribution is 0.102. The molecule has 1 heterocycles. The first kappa shape index (κ1) is 29.7. The van der Waals surface area contributed by atoms with Crippen molar-refractivity contribution in [1.29, 1.82) is 0 Å². The molecule has 0 unspecified atom stereocenters. The first-order valence-corrected chi connectivity index (χ1v) is 14.5. The van der Waals surface area contributed by atoms with Crippen LogP contribution in [0.15, 0.2) is 94.8 Å². The van der Waals surface area contributed by atoms with Gasteiger partial charge in [0.15, 0.2) is 5.15 Å². The fraction of sp³-hybridized carbons (Fsp3) is 0.0357. The maximum atomic E-state index is 13.2. The summed E-state index contributed by atoms with van der Waals surface area (Å²) in [4.78, 5) is 19.0. The van der Waals surface area contributed by atoms with Gasteiger partial charge >= 0.3 is 0 Å². The number of anilines is 3. The maximum Gasteiger partial charge on any atom is 0.294 e. The zero-order valence-electron chi connectivity index (χ0n) is 22.1. The van der Waals surface area contributed by atoms with E-state index in [1.807, 2.05) is 30.3 Å². The summed E-state index contributed by atoms with van der Waals surface area (Å²) in [6.45, 7) is 0. The van der Waals surface area contributed by atoms with E-state index in [2.05, 4.69) is 31.0 Å². The number of phenolic OH excluding ortho intramolecular Hbond substituents is 1. The Morgan fingerprint density at radius 1 is 0.907 bits per heavy atom. The third-order valence-corrected chi connectivity index (χ3v) is 7.70. The number of fused-ring (bicyclic) bond motifs is 1. The number of hydrogen-bond donors (Lipinski definition) is 4. The molecule has 0 aliphatic carbocycles. The minimum absolute atomic E-state index is 0.0120. The van der Waals surface area contributed by atoms with Crippen LogP contribution in [0.5, 0.6) is 5.75 Å². The van der Waals surface area contributed by atoms with Crippen molar-refractivity contribution in [2.45, 2.75) is 4.90 Å². The Morgan fingerprint density at radius 2 is 1.65 bits per heavy atom. The van der Waals surface area contributed by atoms with Gasteiger partial charge in [-0.25, -0.2) is 0 Å². The summed E-state index contributed by atoms with van der Waals surface area (Å²) in [7, 11) is -2.78. The molecule has 0 spiro atoms. The standard InChI is InChI=1S/C28H21Cl2N7O5S/c1-37(20-8-3-2-4-9-20)28(33-26-24(29)25(30)34-36-35-26)32-18-7-5-6-16(12-18)27(39)31-19-10-11-22-17(13-19)14-21(15-23(22)38)43(40,41)42/h2-15,38H,1H3,(H,31,39)(H,40,41,42)(H,32,33,34,35). The lowest BCUT2D eigenvalue weighted by Gasteiger charge is -2.22. The van der Waals surface area contributed by atoms with Gasteiger partial charge in [0.25, 0.3) is 16.0 Å². The lowest BCUT2D eigenvalue weighted by Crippen LogP contribution is -2.33. The van der Waals surface area contributed by atoms with E-state index >= 15 is 0 Å². The van der Waals surface area contributed by atoms with Gasteiger partial charge in [0.2, 0.25) is 11.8 Å². The first-order valence-electron chi connectivity index (χ1n) is 12.3. The number of amides is 1. The number of guanidine groups is 1. The Hall–Kier alpha value is -4.82. The third-order valence-electron chi connectivity index (χ3n) is 6.16. The number of carbonyl (C=O) groups excluding carboxylic acids is 1. The van der Waals surface area contributed by atoms with Gasteiger partial charge in [0.05, 0.1) is 4.90 Å². The Kier molecular flexibility index (Phi) is 8.41. The molecule has 12 nitrogen and oxygen atoms in total. The molecule has 4 aromatic carbocycles. The molecule has 5 rings (SSSR count). The third kappa shape index (κ3) is 6.81. The van der Waals surface area contributed by atoms with E-state index in [9.17, 15) is 22.9 Å². The summed E-state index contributed by atoms with van der Waals surface area (Å²) in [5.74, 6) is -0.490. The van der Waals surface area contributed by atoms with Gasteiger partial charge in [-0.3, -0.25) is 9.35 Å². The molecular weight excluding hydrogens is 617 g/mol. The van der Waals surface area contributed by atoms with Crippen molar-refractivity contribution in [2.24, 2.45) is 4.99 Å². The predicted molar refractivity (Wildman–Crippen MR) is 165 cm³/mol. The number of halogens is 2. The second kappa shape index (κ2) is 12.2. The van der Waals surface area contributed by atoms with Crippen LogP contribution in [0.1, 0.15) is 10.4 Å². The second-order valence-electron chi connectivity index (χ2n) is 9.06. The number of nitrogens with zero attached hydrogens (tertiary/aromatic N) is 5. The maximum absolute atomic E-state index is 13.2. The summed E-state index contributed by atoms with van der Waals surface area (Å²) in [6.07, 6.45) is 0. The smallest absolute Gasteiger partial charge is 0.294 e. The number of carbonyl (C=O) groups is 1. The fourth-order valence-corrected chi connectivity index (χ4v) is 4.81. The molecule has 0 fully saturated rings. The van der Waals surface area contributed by atoms with Crippen molar-refractivity contribution >= 4 is 78.8 Å². The van der Waals surface area contributed by atoms with Crippen LogP contribution in [-0.2, 0) is 10.1 Å². The zero-order chi connectivity index (χ0) is 30.7. The van der Waals surface area contributed by atoms with Gasteiger partial charge in [0.1, 0.15) is 10.8 Å². The number of rotatable bonds is 6. The van der Waals surface area contributed by atoms with Crippen LogP contribution in [0, 0.1) is 0 Å². The van der Waals surface area contributed by atoms with Crippen LogP contribution in [-0.4, -0.2) is 52.4 Å². The summed E-state index contributed by atoms with van der Waals surface area (Å²) >= 11 is 12.3. The summed E-state index contributed by atoms with van der Waals surface area (Å²) in [5.41, 5.74) is 1.90. The number of aromatic nitrogens is 3. The van der Waals surface area contributed by atoms with E-state index in [4.69, 9.17) is 23.2 Å². The van der Waals surface area contributed by atoms with Crippen LogP contribution in [0.25, 0.3) is 10.8 Å². The molecule has 5 aromatic rings. The second-order valence-corrected chi connectivity index (χ2v) is 11.2. The van der Waals surface area contributed by atoms with Crippen molar-refractivity contribution < 1.29 is 22.9 Å². The molecule has 4 N–H and O–H groups in total. The number of aromatic hydroxyl groups is 1. The largest absolute Gasteiger partial charge is 0.507 e. The number of hydrogen-bond acceptors (Lipinski definition) is 8. The van der Waals surface area contributed by atoms with Crippen molar-refractivity contribution in [3.8, 4) is 5.75 Å². The van der Waals surface area contributed by atoms with Crippen LogP contribution in [0.3, 0.4) is 0 Å². The average molecular weight is 638 g/mol. The molecule has 0 aliphatic heterocycles. The molecule has 0 saturated carbocycles. The monoisotopic (exact) mass is 637 g/mol. The van der Waals surface area contributed by atoms with Gasteiger partial charge in [-0.05, 0) is 65.2 Å². The summed E-state index contributed by atoms with van der Waals surface area (Å²) < 4.78 is 32.5. The number of benzene rings is 4. The molecule has 43 heavy (non-hydrogen) atoms. The van der Waals surface area contributed by atoms with Crippen LogP contribution >= 0.6 is 23.2 Å². The topological polar surface area (TPSA) is 170 Å². The molecule has 15 heteroatoms. The molecular formula is C28H21Cl2N7O5S. The molecule has 0 bridgehead atoms. The molecule has 0 saturated heterocycles. The highest BCUT2D eigenvalue weighted by molar-refractivity contribution is 7.85. The van der Waals surface area contributed by atoms with E-state index in [0.717, 1.165) is 11.8 Å². The van der Waals surface area contributed by atoms with Crippen molar-refractivity contribution in [3.05, 3.63) is 101 Å². The number of para-hydroxylation sites is 1. The van der Waals surface area contributed by atoms with Crippen LogP contribution in [0.2, 0.25) is 10.2 Å². The van der Waals surface area contributed by atoms with Crippen molar-refractivity contribution in [2.75, 3.05) is 22.6 Å². The molecule has 218 valence electrons. The predicted octanol–water partition coefficient (Wildman–Crippen LogP) is 5.77. The molecule has 1 amide bonds. The summed E-state index contributed by atoms with van der Waals surface area (Å²) in [6, 6.07) is 22.6. The van der Waals surface area contributed by atoms with Crippen molar-refractivity contribution in [3.63, 3.8) is 0 Å². The number of aliphatic imine (C=N–C) groups is 1. The van der Waals surface area contributed by atoms with Crippen LogP contribution < -0.4 is 15.5 Å². The minimum atomic E-state index is -4.55. The van der Waals surface area contributed by atoms with Crippen molar-refractivity contribution in [1.82, 2.24) is 15.4 Å². The highest BCUT2D eigenvalue weighted by Gasteiger charge is 2.17. The molecule has 0 atom stereocenters. The Labute approximate surface area is 255 Å². The van der Waals surface area contributed by atoms with Gasteiger partial charge in [-0.1, -0.05) is 47.5 Å². The SMILES string of the molecule is CN(C(=Nc1nnnc(Cl)c1Cl)Nc1cccc(C(=O)Nc2ccc3c(O)cc(S(=O)(=O)O)cc3c2)c1)c1ccccc1. The van der Waals surface area contributed by atoms with Crippen LogP contribution in [0.4, 0.5) is 22.9 Å². The Morgan fingerprint density at radius 3 is 2.40 bits per heavy atom. The first-order chi connectivity index (χ1) is 20.5. The zero-order valence-corrected chi connectivity index (χ0v) is 24.4. The number of nitrogens with one attached hydrogen (secondary N) is 2. The van der Waals surface area contributed by atoms with Gasteiger partial charge < -0.3 is 20.6 Å². The Balaban J connectivity index is 1.43. The van der Waals surface area contributed by atoms with Gasteiger partial charge in [-0.15, -0.1) is 10.2 Å². The normalized spacial score (nSPS) is 11.8.